The number of hydrogen-bond donors (Lipinski definition) is 2. The Balaban J connectivity index is 2.64. The van der Waals surface area contributed by atoms with Crippen molar-refractivity contribution in [3.8, 4) is 6.07 Å². The molecule has 0 aliphatic heterocycles. The predicted molar refractivity (Wildman–Crippen MR) is 68.8 cm³/mol. The van der Waals surface area contributed by atoms with E-state index in [0.29, 0.717) is 19.4 Å². The van der Waals surface area contributed by atoms with Crippen LogP contribution in [0.4, 0.5) is 10.1 Å². The van der Waals surface area contributed by atoms with E-state index < -0.39 is 17.8 Å². The van der Waals surface area contributed by atoms with Gasteiger partial charge in [0.05, 0.1) is 17.3 Å². The lowest BCUT2D eigenvalue weighted by Gasteiger charge is -2.12. The summed E-state index contributed by atoms with van der Waals surface area (Å²) in [6.45, 7) is 0.529. The van der Waals surface area contributed by atoms with Crippen LogP contribution in [-0.2, 0) is 9.53 Å². The maximum absolute atomic E-state index is 12.9. The molecule has 1 aromatic rings. The zero-order valence-corrected chi connectivity index (χ0v) is 10.6. The van der Waals surface area contributed by atoms with Crippen molar-refractivity contribution in [2.24, 2.45) is 5.73 Å². The van der Waals surface area contributed by atoms with Crippen LogP contribution in [0.25, 0.3) is 0 Å². The number of nitrogens with one attached hydrogen (secondary N) is 1. The van der Waals surface area contributed by atoms with Crippen LogP contribution >= 0.6 is 0 Å². The molecule has 1 amide bonds. The summed E-state index contributed by atoms with van der Waals surface area (Å²) >= 11 is 0. The number of amides is 1. The second kappa shape index (κ2) is 7.46. The average molecular weight is 265 g/mol. The highest BCUT2D eigenvalue weighted by Crippen LogP contribution is 2.16. The smallest absolute Gasteiger partial charge is 0.241 e. The van der Waals surface area contributed by atoms with Crippen LogP contribution in [0.15, 0.2) is 18.2 Å². The molecule has 0 bridgehead atoms. The molecule has 0 aliphatic rings. The summed E-state index contributed by atoms with van der Waals surface area (Å²) in [4.78, 5) is 11.8. The molecule has 0 spiro atoms. The van der Waals surface area contributed by atoms with Crippen LogP contribution in [0.5, 0.6) is 0 Å². The molecule has 1 aromatic carbocycles. The lowest BCUT2D eigenvalue weighted by Crippen LogP contribution is -2.35. The van der Waals surface area contributed by atoms with E-state index in [1.807, 2.05) is 6.07 Å². The number of carbonyl (C=O) groups excluding carboxylic acids is 1. The fourth-order valence-electron chi connectivity index (χ4n) is 1.52. The first-order valence-electron chi connectivity index (χ1n) is 5.83. The minimum absolute atomic E-state index is 0.0671. The summed E-state index contributed by atoms with van der Waals surface area (Å²) in [6, 6.07) is 4.71. The molecule has 0 radical (unpaired) electrons. The number of rotatable bonds is 6. The monoisotopic (exact) mass is 265 g/mol. The third-order valence-electron chi connectivity index (χ3n) is 2.56. The lowest BCUT2D eigenvalue weighted by atomic mass is 10.1. The van der Waals surface area contributed by atoms with Gasteiger partial charge < -0.3 is 15.8 Å². The summed E-state index contributed by atoms with van der Waals surface area (Å²) in [5.74, 6) is -0.932. The van der Waals surface area contributed by atoms with E-state index in [0.717, 1.165) is 6.07 Å². The van der Waals surface area contributed by atoms with Gasteiger partial charge in [-0.25, -0.2) is 4.39 Å². The molecule has 0 saturated carbocycles. The normalized spacial score (nSPS) is 11.7. The summed E-state index contributed by atoms with van der Waals surface area (Å²) in [7, 11) is 1.57. The number of methoxy groups -OCH3 is 1. The van der Waals surface area contributed by atoms with Gasteiger partial charge in [-0.05, 0) is 31.0 Å². The number of benzene rings is 1. The van der Waals surface area contributed by atoms with Crippen molar-refractivity contribution in [2.75, 3.05) is 19.0 Å². The summed E-state index contributed by atoms with van der Waals surface area (Å²) in [6.07, 6.45) is 1.14. The Kier molecular flexibility index (Phi) is 5.93. The number of hydrogen-bond acceptors (Lipinski definition) is 4. The molecule has 102 valence electrons. The van der Waals surface area contributed by atoms with Crippen molar-refractivity contribution in [3.63, 3.8) is 0 Å². The summed E-state index contributed by atoms with van der Waals surface area (Å²) < 4.78 is 17.8. The molecule has 0 fully saturated rings. The van der Waals surface area contributed by atoms with Gasteiger partial charge >= 0.3 is 0 Å². The van der Waals surface area contributed by atoms with E-state index in [1.165, 1.54) is 12.1 Å². The fraction of sp³-hybridized carbons (Fsp3) is 0.385. The second-order valence-electron chi connectivity index (χ2n) is 4.03. The molecule has 0 aliphatic carbocycles. The van der Waals surface area contributed by atoms with Crippen LogP contribution in [0.3, 0.4) is 0 Å². The molecule has 0 aromatic heterocycles. The zero-order valence-electron chi connectivity index (χ0n) is 10.6. The van der Waals surface area contributed by atoms with E-state index in [-0.39, 0.29) is 11.3 Å². The predicted octanol–water partition coefficient (Wildman–Crippen LogP) is 1.39. The first-order valence-corrected chi connectivity index (χ1v) is 5.83. The van der Waals surface area contributed by atoms with E-state index in [9.17, 15) is 9.18 Å². The quantitative estimate of drug-likeness (QED) is 0.761. The molecule has 1 unspecified atom stereocenters. The second-order valence-corrected chi connectivity index (χ2v) is 4.03. The number of nitrogens with two attached hydrogens (primary N) is 1. The molecule has 0 saturated heterocycles. The van der Waals surface area contributed by atoms with Crippen molar-refractivity contribution >= 4 is 11.6 Å². The van der Waals surface area contributed by atoms with Gasteiger partial charge in [-0.1, -0.05) is 0 Å². The Bertz CT molecular complexity index is 485. The summed E-state index contributed by atoms with van der Waals surface area (Å²) in [5.41, 5.74) is 6.03. The van der Waals surface area contributed by atoms with Gasteiger partial charge in [0.15, 0.2) is 0 Å². The largest absolute Gasteiger partial charge is 0.385 e. The van der Waals surface area contributed by atoms with Gasteiger partial charge in [-0.2, -0.15) is 5.26 Å². The summed E-state index contributed by atoms with van der Waals surface area (Å²) in [5, 5.41) is 11.4. The average Bonchev–Trinajstić information content (AvgIpc) is 2.40. The highest BCUT2D eigenvalue weighted by atomic mass is 19.1. The topological polar surface area (TPSA) is 88.1 Å². The molecule has 1 atom stereocenters. The van der Waals surface area contributed by atoms with Crippen molar-refractivity contribution in [1.82, 2.24) is 0 Å². The number of nitriles is 1. The molecule has 19 heavy (non-hydrogen) atoms. The van der Waals surface area contributed by atoms with E-state index in [4.69, 9.17) is 15.7 Å². The lowest BCUT2D eigenvalue weighted by molar-refractivity contribution is -0.117. The molecule has 5 nitrogen and oxygen atoms in total. The van der Waals surface area contributed by atoms with Crippen molar-refractivity contribution in [2.45, 2.75) is 18.9 Å². The van der Waals surface area contributed by atoms with Gasteiger partial charge in [0.25, 0.3) is 0 Å². The van der Waals surface area contributed by atoms with Gasteiger partial charge in [0.1, 0.15) is 11.9 Å². The van der Waals surface area contributed by atoms with Crippen molar-refractivity contribution < 1.29 is 13.9 Å². The fourth-order valence-corrected chi connectivity index (χ4v) is 1.52. The Morgan fingerprint density at radius 3 is 3.00 bits per heavy atom. The van der Waals surface area contributed by atoms with Crippen molar-refractivity contribution in [1.29, 1.82) is 5.26 Å². The van der Waals surface area contributed by atoms with Crippen LogP contribution < -0.4 is 11.1 Å². The Hall–Kier alpha value is -1.97. The van der Waals surface area contributed by atoms with E-state index in [2.05, 4.69) is 5.32 Å². The maximum atomic E-state index is 12.9. The van der Waals surface area contributed by atoms with Crippen LogP contribution in [0, 0.1) is 17.1 Å². The number of ether oxygens (including phenoxy) is 1. The Morgan fingerprint density at radius 1 is 1.63 bits per heavy atom. The van der Waals surface area contributed by atoms with Gasteiger partial charge in [0.2, 0.25) is 5.91 Å². The van der Waals surface area contributed by atoms with Gasteiger partial charge in [0, 0.05) is 13.7 Å². The van der Waals surface area contributed by atoms with Gasteiger partial charge in [-0.15, -0.1) is 0 Å². The third-order valence-corrected chi connectivity index (χ3v) is 2.56. The highest BCUT2D eigenvalue weighted by molar-refractivity contribution is 5.95. The first-order chi connectivity index (χ1) is 9.08. The Morgan fingerprint density at radius 2 is 2.37 bits per heavy atom. The maximum Gasteiger partial charge on any atom is 0.241 e. The van der Waals surface area contributed by atoms with Crippen LogP contribution in [0.2, 0.25) is 0 Å². The molecule has 3 N–H and O–H groups in total. The zero-order chi connectivity index (χ0) is 14.3. The number of carbonyl (C=O) groups is 1. The molecule has 6 heteroatoms. The standard InChI is InChI=1S/C13H16FN3O2/c1-19-6-2-3-11(16)13(18)17-12-5-4-10(14)7-9(12)8-15/h4-5,7,11H,2-3,6,16H2,1H3,(H,17,18). The molecular weight excluding hydrogens is 249 g/mol. The van der Waals surface area contributed by atoms with Crippen molar-refractivity contribution in [3.05, 3.63) is 29.6 Å². The number of halogens is 1. The number of anilines is 1. The Labute approximate surface area is 111 Å². The van der Waals surface area contributed by atoms with Crippen LogP contribution in [0.1, 0.15) is 18.4 Å². The van der Waals surface area contributed by atoms with Gasteiger partial charge in [-0.3, -0.25) is 4.79 Å². The van der Waals surface area contributed by atoms with E-state index in [1.54, 1.807) is 7.11 Å². The minimum Gasteiger partial charge on any atom is -0.385 e. The minimum atomic E-state index is -0.688. The SMILES string of the molecule is COCCCC(N)C(=O)Nc1ccc(F)cc1C#N. The van der Waals surface area contributed by atoms with E-state index >= 15 is 0 Å². The molecule has 0 heterocycles. The third kappa shape index (κ3) is 4.66. The first kappa shape index (κ1) is 15.1. The molecule has 1 rings (SSSR count). The van der Waals surface area contributed by atoms with Crippen LogP contribution in [-0.4, -0.2) is 25.7 Å². The molecular formula is C13H16FN3O2. The number of nitrogens with zero attached hydrogens (tertiary/aromatic N) is 1. The highest BCUT2D eigenvalue weighted by Gasteiger charge is 2.15.